The molecule has 110 valence electrons. The van der Waals surface area contributed by atoms with E-state index in [2.05, 4.69) is 5.32 Å². The molecule has 6 nitrogen and oxygen atoms in total. The minimum absolute atomic E-state index is 0.0360. The summed E-state index contributed by atoms with van der Waals surface area (Å²) < 4.78 is 9.91. The van der Waals surface area contributed by atoms with Crippen LogP contribution >= 0.6 is 0 Å². The molecule has 2 aromatic rings. The van der Waals surface area contributed by atoms with E-state index in [4.69, 9.17) is 9.15 Å². The number of amides is 1. The zero-order valence-corrected chi connectivity index (χ0v) is 11.5. The fourth-order valence-corrected chi connectivity index (χ4v) is 1.67. The van der Waals surface area contributed by atoms with Crippen molar-refractivity contribution in [1.29, 1.82) is 0 Å². The first-order valence-electron chi connectivity index (χ1n) is 6.32. The molecular weight excluding hydrogens is 274 g/mol. The number of esters is 1. The number of rotatable bonds is 5. The molecule has 0 saturated carbocycles. The summed E-state index contributed by atoms with van der Waals surface area (Å²) in [5, 5.41) is 12.1. The van der Waals surface area contributed by atoms with Gasteiger partial charge in [0.15, 0.2) is 6.61 Å². The van der Waals surface area contributed by atoms with Crippen molar-refractivity contribution >= 4 is 11.9 Å². The fraction of sp³-hybridized carbons (Fsp3) is 0.200. The summed E-state index contributed by atoms with van der Waals surface area (Å²) >= 11 is 0. The highest BCUT2D eigenvalue weighted by Crippen LogP contribution is 2.18. The van der Waals surface area contributed by atoms with Gasteiger partial charge in [0.2, 0.25) is 0 Å². The molecule has 0 bridgehead atoms. The molecule has 21 heavy (non-hydrogen) atoms. The van der Waals surface area contributed by atoms with Crippen molar-refractivity contribution in [2.45, 2.75) is 13.5 Å². The van der Waals surface area contributed by atoms with Crippen molar-refractivity contribution in [3.63, 3.8) is 0 Å². The van der Waals surface area contributed by atoms with Crippen LogP contribution in [0.2, 0.25) is 0 Å². The molecule has 0 unspecified atom stereocenters. The Labute approximate surface area is 121 Å². The maximum absolute atomic E-state index is 11.8. The molecule has 0 aliphatic rings. The lowest BCUT2D eigenvalue weighted by Crippen LogP contribution is -2.28. The van der Waals surface area contributed by atoms with Gasteiger partial charge in [-0.1, -0.05) is 11.6 Å². The molecule has 1 aromatic heterocycles. The average molecular weight is 289 g/mol. The van der Waals surface area contributed by atoms with Crippen molar-refractivity contribution in [1.82, 2.24) is 5.32 Å². The molecule has 0 saturated heterocycles. The lowest BCUT2D eigenvalue weighted by atomic mass is 10.1. The standard InChI is InChI=1S/C15H15NO5/c1-10-4-5-13(17)12(7-10)15(19)21-9-14(18)16-8-11-3-2-6-20-11/h2-7,17H,8-9H2,1H3,(H,16,18). The minimum Gasteiger partial charge on any atom is -0.507 e. The second-order valence-corrected chi connectivity index (χ2v) is 4.45. The van der Waals surface area contributed by atoms with Gasteiger partial charge in [-0.2, -0.15) is 0 Å². The molecule has 0 aliphatic heterocycles. The van der Waals surface area contributed by atoms with Gasteiger partial charge in [0.25, 0.3) is 5.91 Å². The second-order valence-electron chi connectivity index (χ2n) is 4.45. The van der Waals surface area contributed by atoms with E-state index in [0.717, 1.165) is 5.56 Å². The van der Waals surface area contributed by atoms with E-state index in [1.165, 1.54) is 18.4 Å². The lowest BCUT2D eigenvalue weighted by Gasteiger charge is -2.07. The quantitative estimate of drug-likeness (QED) is 0.819. The normalized spacial score (nSPS) is 10.1. The van der Waals surface area contributed by atoms with Crippen LogP contribution in [-0.4, -0.2) is 23.6 Å². The summed E-state index contributed by atoms with van der Waals surface area (Å²) in [5.74, 6) is -0.774. The predicted octanol–water partition coefficient (Wildman–Crippen LogP) is 1.77. The van der Waals surface area contributed by atoms with Gasteiger partial charge >= 0.3 is 5.97 Å². The maximum Gasteiger partial charge on any atom is 0.342 e. The van der Waals surface area contributed by atoms with E-state index >= 15 is 0 Å². The number of carbonyl (C=O) groups is 2. The van der Waals surface area contributed by atoms with Crippen LogP contribution in [0.5, 0.6) is 5.75 Å². The van der Waals surface area contributed by atoms with Crippen LogP contribution in [0.1, 0.15) is 21.7 Å². The first-order valence-corrected chi connectivity index (χ1v) is 6.32. The van der Waals surface area contributed by atoms with E-state index in [1.54, 1.807) is 25.1 Å². The van der Waals surface area contributed by atoms with Crippen LogP contribution in [0.25, 0.3) is 0 Å². The summed E-state index contributed by atoms with van der Waals surface area (Å²) in [5.41, 5.74) is 0.843. The molecule has 2 rings (SSSR count). The number of benzene rings is 1. The van der Waals surface area contributed by atoms with E-state index in [-0.39, 0.29) is 17.9 Å². The summed E-state index contributed by atoms with van der Waals surface area (Å²) in [6, 6.07) is 8.00. The first-order chi connectivity index (χ1) is 10.1. The van der Waals surface area contributed by atoms with Crippen LogP contribution < -0.4 is 5.32 Å². The average Bonchev–Trinajstić information content (AvgIpc) is 2.98. The molecular formula is C15H15NO5. The molecule has 1 heterocycles. The highest BCUT2D eigenvalue weighted by molar-refractivity contribution is 5.94. The second kappa shape index (κ2) is 6.60. The Hall–Kier alpha value is -2.76. The Balaban J connectivity index is 1.83. The third-order valence-electron chi connectivity index (χ3n) is 2.75. The molecule has 0 spiro atoms. The Bertz CT molecular complexity index is 634. The number of hydrogen-bond acceptors (Lipinski definition) is 5. The number of ether oxygens (including phenoxy) is 1. The highest BCUT2D eigenvalue weighted by atomic mass is 16.5. The predicted molar refractivity (Wildman–Crippen MR) is 73.7 cm³/mol. The largest absolute Gasteiger partial charge is 0.507 e. The molecule has 1 aromatic carbocycles. The summed E-state index contributed by atoms with van der Waals surface area (Å²) in [6.45, 7) is 1.58. The van der Waals surface area contributed by atoms with E-state index in [1.807, 2.05) is 0 Å². The molecule has 0 aliphatic carbocycles. The number of aryl methyl sites for hydroxylation is 1. The Morgan fingerprint density at radius 2 is 2.14 bits per heavy atom. The van der Waals surface area contributed by atoms with Gasteiger partial charge in [0, 0.05) is 0 Å². The first kappa shape index (κ1) is 14.6. The summed E-state index contributed by atoms with van der Waals surface area (Å²) in [7, 11) is 0. The van der Waals surface area contributed by atoms with Crippen molar-refractivity contribution in [3.8, 4) is 5.75 Å². The van der Waals surface area contributed by atoms with Gasteiger partial charge in [0.05, 0.1) is 12.8 Å². The Morgan fingerprint density at radius 1 is 1.33 bits per heavy atom. The number of phenolic OH excluding ortho intramolecular Hbond substituents is 1. The summed E-state index contributed by atoms with van der Waals surface area (Å²) in [4.78, 5) is 23.3. The Kier molecular flexibility index (Phi) is 4.61. The van der Waals surface area contributed by atoms with Gasteiger partial charge < -0.3 is 19.6 Å². The third kappa shape index (κ3) is 4.10. The van der Waals surface area contributed by atoms with Crippen LogP contribution in [-0.2, 0) is 16.1 Å². The van der Waals surface area contributed by atoms with E-state index in [0.29, 0.717) is 5.76 Å². The number of phenols is 1. The molecule has 6 heteroatoms. The SMILES string of the molecule is Cc1ccc(O)c(C(=O)OCC(=O)NCc2ccco2)c1. The fourth-order valence-electron chi connectivity index (χ4n) is 1.67. The van der Waals surface area contributed by atoms with Crippen LogP contribution in [0.4, 0.5) is 0 Å². The van der Waals surface area contributed by atoms with Crippen molar-refractivity contribution in [2.24, 2.45) is 0 Å². The maximum atomic E-state index is 11.8. The smallest absolute Gasteiger partial charge is 0.342 e. The summed E-state index contributed by atoms with van der Waals surface area (Å²) in [6.07, 6.45) is 1.50. The molecule has 0 atom stereocenters. The number of hydrogen-bond donors (Lipinski definition) is 2. The van der Waals surface area contributed by atoms with Gasteiger partial charge in [0.1, 0.15) is 17.1 Å². The van der Waals surface area contributed by atoms with Crippen LogP contribution in [0.15, 0.2) is 41.0 Å². The Morgan fingerprint density at radius 3 is 2.86 bits per heavy atom. The molecule has 0 radical (unpaired) electrons. The number of carbonyl (C=O) groups excluding carboxylic acids is 2. The zero-order valence-electron chi connectivity index (χ0n) is 11.5. The van der Waals surface area contributed by atoms with Gasteiger partial charge in [-0.3, -0.25) is 4.79 Å². The van der Waals surface area contributed by atoms with Crippen LogP contribution in [0, 0.1) is 6.92 Å². The lowest BCUT2D eigenvalue weighted by molar-refractivity contribution is -0.124. The number of nitrogens with one attached hydrogen (secondary N) is 1. The number of aromatic hydroxyl groups is 1. The molecule has 2 N–H and O–H groups in total. The van der Waals surface area contributed by atoms with Gasteiger partial charge in [-0.15, -0.1) is 0 Å². The van der Waals surface area contributed by atoms with Gasteiger partial charge in [-0.25, -0.2) is 4.79 Å². The number of furan rings is 1. The molecule has 0 fully saturated rings. The van der Waals surface area contributed by atoms with E-state index < -0.39 is 18.5 Å². The van der Waals surface area contributed by atoms with Crippen molar-refractivity contribution in [3.05, 3.63) is 53.5 Å². The van der Waals surface area contributed by atoms with Crippen molar-refractivity contribution in [2.75, 3.05) is 6.61 Å². The minimum atomic E-state index is -0.746. The van der Waals surface area contributed by atoms with Gasteiger partial charge in [-0.05, 0) is 31.2 Å². The van der Waals surface area contributed by atoms with Crippen LogP contribution in [0.3, 0.4) is 0 Å². The topological polar surface area (TPSA) is 88.8 Å². The van der Waals surface area contributed by atoms with E-state index in [9.17, 15) is 14.7 Å². The monoisotopic (exact) mass is 289 g/mol. The molecule has 1 amide bonds. The highest BCUT2D eigenvalue weighted by Gasteiger charge is 2.14. The zero-order chi connectivity index (χ0) is 15.2. The third-order valence-corrected chi connectivity index (χ3v) is 2.75. The van der Waals surface area contributed by atoms with Crippen molar-refractivity contribution < 1.29 is 23.8 Å².